The van der Waals surface area contributed by atoms with E-state index in [-0.39, 0.29) is 17.5 Å². The number of carbonyl (C=O) groups excluding carboxylic acids is 2. The van der Waals surface area contributed by atoms with Crippen molar-refractivity contribution in [2.75, 3.05) is 36.4 Å². The smallest absolute Gasteiger partial charge is 0.319 e. The van der Waals surface area contributed by atoms with Gasteiger partial charge in [0.1, 0.15) is 6.04 Å². The predicted octanol–water partition coefficient (Wildman–Crippen LogP) is 3.09. The number of hydrogen-bond acceptors (Lipinski definition) is 5. The van der Waals surface area contributed by atoms with Crippen LogP contribution in [0.1, 0.15) is 13.8 Å². The van der Waals surface area contributed by atoms with Crippen LogP contribution < -0.4 is 15.5 Å². The fraction of sp³-hybridized carbons (Fsp3) is 0.364. The third kappa shape index (κ3) is 5.71. The highest BCUT2D eigenvalue weighted by Gasteiger charge is 2.31. The van der Waals surface area contributed by atoms with Crippen LogP contribution in [0.2, 0.25) is 0 Å². The number of nitro benzene ring substituents is 1. The molecule has 1 aliphatic rings. The number of carbonyl (C=O) groups is 2. The Morgan fingerprint density at radius 1 is 0.968 bits per heavy atom. The molecule has 1 heterocycles. The summed E-state index contributed by atoms with van der Waals surface area (Å²) < 4.78 is 0. The highest BCUT2D eigenvalue weighted by Crippen LogP contribution is 2.21. The van der Waals surface area contributed by atoms with E-state index in [4.69, 9.17) is 0 Å². The molecular weight excluding hydrogens is 398 g/mol. The lowest BCUT2D eigenvalue weighted by atomic mass is 10.0. The molecule has 0 radical (unpaired) electrons. The number of amides is 3. The van der Waals surface area contributed by atoms with Crippen LogP contribution in [0, 0.1) is 16.0 Å². The Hall–Kier alpha value is -3.62. The van der Waals surface area contributed by atoms with Gasteiger partial charge in [-0.1, -0.05) is 32.0 Å². The van der Waals surface area contributed by atoms with Crippen LogP contribution in [0.25, 0.3) is 0 Å². The average molecular weight is 425 g/mol. The summed E-state index contributed by atoms with van der Waals surface area (Å²) in [6.45, 7) is 6.06. The first-order valence-electron chi connectivity index (χ1n) is 10.3. The van der Waals surface area contributed by atoms with Crippen molar-refractivity contribution in [3.8, 4) is 0 Å². The first kappa shape index (κ1) is 22.1. The molecule has 0 unspecified atom stereocenters. The molecule has 0 aromatic heterocycles. The zero-order valence-corrected chi connectivity index (χ0v) is 17.7. The molecule has 0 saturated carbocycles. The second-order valence-corrected chi connectivity index (χ2v) is 7.77. The van der Waals surface area contributed by atoms with Gasteiger partial charge in [0.25, 0.3) is 5.69 Å². The van der Waals surface area contributed by atoms with E-state index >= 15 is 0 Å². The van der Waals surface area contributed by atoms with Crippen LogP contribution in [0.15, 0.2) is 54.6 Å². The Kier molecular flexibility index (Phi) is 7.07. The van der Waals surface area contributed by atoms with E-state index in [1.165, 1.54) is 12.1 Å². The molecular formula is C22H27N5O4. The molecule has 31 heavy (non-hydrogen) atoms. The predicted molar refractivity (Wildman–Crippen MR) is 119 cm³/mol. The highest BCUT2D eigenvalue weighted by molar-refractivity contribution is 5.93. The Morgan fingerprint density at radius 3 is 2.13 bits per heavy atom. The number of nitrogens with zero attached hydrogens (tertiary/aromatic N) is 3. The van der Waals surface area contributed by atoms with E-state index in [0.29, 0.717) is 31.9 Å². The quantitative estimate of drug-likeness (QED) is 0.546. The van der Waals surface area contributed by atoms with Gasteiger partial charge in [-0.05, 0) is 30.2 Å². The molecule has 2 aromatic rings. The minimum Gasteiger partial charge on any atom is -0.368 e. The molecule has 1 fully saturated rings. The Bertz CT molecular complexity index is 909. The average Bonchev–Trinajstić information content (AvgIpc) is 2.77. The van der Waals surface area contributed by atoms with Crippen LogP contribution in [-0.2, 0) is 4.79 Å². The summed E-state index contributed by atoms with van der Waals surface area (Å²) in [6, 6.07) is 14.4. The maximum Gasteiger partial charge on any atom is 0.319 e. The van der Waals surface area contributed by atoms with Crippen LogP contribution in [-0.4, -0.2) is 54.0 Å². The number of benzene rings is 2. The molecule has 1 saturated heterocycles. The van der Waals surface area contributed by atoms with Crippen molar-refractivity contribution in [1.82, 2.24) is 10.2 Å². The van der Waals surface area contributed by atoms with Gasteiger partial charge in [-0.2, -0.15) is 0 Å². The molecule has 2 N–H and O–H groups in total. The number of nitrogens with one attached hydrogen (secondary N) is 2. The molecule has 1 atom stereocenters. The van der Waals surface area contributed by atoms with Crippen molar-refractivity contribution < 1.29 is 14.5 Å². The number of hydrogen-bond donors (Lipinski definition) is 2. The van der Waals surface area contributed by atoms with Crippen LogP contribution in [0.3, 0.4) is 0 Å². The number of urea groups is 1. The van der Waals surface area contributed by atoms with Gasteiger partial charge in [0.2, 0.25) is 5.91 Å². The van der Waals surface area contributed by atoms with E-state index < -0.39 is 17.0 Å². The molecule has 9 heteroatoms. The van der Waals surface area contributed by atoms with Gasteiger partial charge in [-0.3, -0.25) is 14.9 Å². The van der Waals surface area contributed by atoms with Gasteiger partial charge in [0, 0.05) is 49.7 Å². The maximum atomic E-state index is 13.1. The van der Waals surface area contributed by atoms with E-state index in [0.717, 1.165) is 5.69 Å². The first-order chi connectivity index (χ1) is 14.8. The summed E-state index contributed by atoms with van der Waals surface area (Å²) in [6.07, 6.45) is 0. The lowest BCUT2D eigenvalue weighted by molar-refractivity contribution is -0.384. The molecule has 0 spiro atoms. The molecule has 0 aliphatic carbocycles. The number of rotatable bonds is 6. The summed E-state index contributed by atoms with van der Waals surface area (Å²) >= 11 is 0. The number of nitro groups is 1. The monoisotopic (exact) mass is 425 g/mol. The molecule has 2 aromatic carbocycles. The molecule has 9 nitrogen and oxygen atoms in total. The fourth-order valence-corrected chi connectivity index (χ4v) is 3.51. The summed E-state index contributed by atoms with van der Waals surface area (Å²) in [7, 11) is 0. The largest absolute Gasteiger partial charge is 0.368 e. The molecule has 3 amide bonds. The zero-order chi connectivity index (χ0) is 22.4. The topological polar surface area (TPSA) is 108 Å². The summed E-state index contributed by atoms with van der Waals surface area (Å²) in [5.74, 6) is -0.178. The third-order valence-corrected chi connectivity index (χ3v) is 5.27. The third-order valence-electron chi connectivity index (χ3n) is 5.27. The number of anilines is 2. The van der Waals surface area contributed by atoms with Gasteiger partial charge >= 0.3 is 6.03 Å². The lowest BCUT2D eigenvalue weighted by Gasteiger charge is -2.38. The SMILES string of the molecule is CC(C)[C@H](NC(=O)Nc1ccccc1)C(=O)N1CCN(c2ccc([N+](=O)[O-])cc2)CC1. The van der Waals surface area contributed by atoms with Gasteiger partial charge in [0.15, 0.2) is 0 Å². The van der Waals surface area contributed by atoms with Crippen molar-refractivity contribution in [2.45, 2.75) is 19.9 Å². The van der Waals surface area contributed by atoms with Gasteiger partial charge in [0.05, 0.1) is 4.92 Å². The van der Waals surface area contributed by atoms with E-state index in [2.05, 4.69) is 15.5 Å². The summed E-state index contributed by atoms with van der Waals surface area (Å²) in [5.41, 5.74) is 1.60. The second-order valence-electron chi connectivity index (χ2n) is 7.77. The first-order valence-corrected chi connectivity index (χ1v) is 10.3. The molecule has 0 bridgehead atoms. The van der Waals surface area contributed by atoms with Gasteiger partial charge in [-0.15, -0.1) is 0 Å². The Labute approximate surface area is 181 Å². The van der Waals surface area contributed by atoms with Gasteiger partial charge in [-0.25, -0.2) is 4.79 Å². The van der Waals surface area contributed by atoms with E-state index in [9.17, 15) is 19.7 Å². The maximum absolute atomic E-state index is 13.1. The summed E-state index contributed by atoms with van der Waals surface area (Å²) in [5, 5.41) is 16.4. The van der Waals surface area contributed by atoms with Crippen LogP contribution in [0.4, 0.5) is 21.9 Å². The minimum atomic E-state index is -0.630. The van der Waals surface area contributed by atoms with Gasteiger partial charge < -0.3 is 20.4 Å². The number of para-hydroxylation sites is 1. The van der Waals surface area contributed by atoms with Crippen molar-refractivity contribution in [3.05, 3.63) is 64.7 Å². The lowest BCUT2D eigenvalue weighted by Crippen LogP contribution is -2.57. The molecule has 3 rings (SSSR count). The van der Waals surface area contributed by atoms with E-state index in [1.54, 1.807) is 29.2 Å². The second kappa shape index (κ2) is 9.92. The standard InChI is InChI=1S/C22H27N5O4/c1-16(2)20(24-22(29)23-17-6-4-3-5-7-17)21(28)26-14-12-25(13-15-26)18-8-10-19(11-9-18)27(30)31/h3-11,16,20H,12-15H2,1-2H3,(H2,23,24,29)/t20-/m0/s1. The van der Waals surface area contributed by atoms with Crippen LogP contribution >= 0.6 is 0 Å². The Morgan fingerprint density at radius 2 is 1.58 bits per heavy atom. The minimum absolute atomic E-state index is 0.0530. The number of non-ortho nitro benzene ring substituents is 1. The van der Waals surface area contributed by atoms with E-state index in [1.807, 2.05) is 32.0 Å². The Balaban J connectivity index is 1.56. The van der Waals surface area contributed by atoms with Crippen LogP contribution in [0.5, 0.6) is 0 Å². The zero-order valence-electron chi connectivity index (χ0n) is 17.7. The number of piperazine rings is 1. The fourth-order valence-electron chi connectivity index (χ4n) is 3.51. The molecule has 164 valence electrons. The highest BCUT2D eigenvalue weighted by atomic mass is 16.6. The van der Waals surface area contributed by atoms with Crippen molar-refractivity contribution in [1.29, 1.82) is 0 Å². The van der Waals surface area contributed by atoms with Crippen molar-refractivity contribution in [2.24, 2.45) is 5.92 Å². The summed E-state index contributed by atoms with van der Waals surface area (Å²) in [4.78, 5) is 39.7. The van der Waals surface area contributed by atoms with Crippen molar-refractivity contribution in [3.63, 3.8) is 0 Å². The normalized spacial score (nSPS) is 14.8. The molecule has 1 aliphatic heterocycles. The van der Waals surface area contributed by atoms with Crippen molar-refractivity contribution >= 4 is 29.0 Å².